The molecule has 3 heterocycles. The SMILES string of the molecule is CCC1(C)Cc2c(sc3nc(SC)nc(SCC=Cc4ccccc4)c23)CO1. The summed E-state index contributed by atoms with van der Waals surface area (Å²) in [6.07, 6.45) is 8.37. The van der Waals surface area contributed by atoms with E-state index in [0.717, 1.165) is 33.6 Å². The Morgan fingerprint density at radius 3 is 2.82 bits per heavy atom. The first kappa shape index (κ1) is 20.0. The molecule has 1 atom stereocenters. The molecule has 3 nitrogen and oxygen atoms in total. The Balaban J connectivity index is 1.65. The van der Waals surface area contributed by atoms with Gasteiger partial charge in [0.15, 0.2) is 5.16 Å². The predicted molar refractivity (Wildman–Crippen MR) is 123 cm³/mol. The van der Waals surface area contributed by atoms with E-state index in [1.807, 2.05) is 12.3 Å². The van der Waals surface area contributed by atoms with E-state index in [1.165, 1.54) is 21.4 Å². The van der Waals surface area contributed by atoms with E-state index in [4.69, 9.17) is 14.7 Å². The monoisotopic (exact) mass is 428 g/mol. The molecule has 0 amide bonds. The van der Waals surface area contributed by atoms with Gasteiger partial charge in [0, 0.05) is 22.4 Å². The Morgan fingerprint density at radius 1 is 1.25 bits per heavy atom. The van der Waals surface area contributed by atoms with E-state index < -0.39 is 0 Å². The first-order valence-corrected chi connectivity index (χ1v) is 12.5. The van der Waals surface area contributed by atoms with Crippen molar-refractivity contribution < 1.29 is 4.74 Å². The Labute approximate surface area is 179 Å². The van der Waals surface area contributed by atoms with Crippen molar-refractivity contribution in [1.29, 1.82) is 0 Å². The number of thiophene rings is 1. The zero-order chi connectivity index (χ0) is 19.6. The zero-order valence-electron chi connectivity index (χ0n) is 16.4. The van der Waals surface area contributed by atoms with Crippen molar-refractivity contribution >= 4 is 51.2 Å². The maximum atomic E-state index is 6.15. The second-order valence-electron chi connectivity index (χ2n) is 7.09. The average molecular weight is 429 g/mol. The summed E-state index contributed by atoms with van der Waals surface area (Å²) in [5.41, 5.74) is 2.54. The van der Waals surface area contributed by atoms with Crippen LogP contribution in [0.1, 0.15) is 36.3 Å². The van der Waals surface area contributed by atoms with Crippen molar-refractivity contribution in [2.24, 2.45) is 0 Å². The topological polar surface area (TPSA) is 35.0 Å². The quantitative estimate of drug-likeness (QED) is 0.256. The highest BCUT2D eigenvalue weighted by atomic mass is 32.2. The Morgan fingerprint density at radius 2 is 2.07 bits per heavy atom. The third-order valence-electron chi connectivity index (χ3n) is 5.14. The first-order valence-electron chi connectivity index (χ1n) is 9.46. The maximum Gasteiger partial charge on any atom is 0.189 e. The van der Waals surface area contributed by atoms with Gasteiger partial charge in [-0.15, -0.1) is 23.1 Å². The summed E-state index contributed by atoms with van der Waals surface area (Å²) >= 11 is 5.17. The van der Waals surface area contributed by atoms with E-state index in [0.29, 0.717) is 6.61 Å². The second kappa shape index (κ2) is 8.57. The number of hydrogen-bond acceptors (Lipinski definition) is 6. The van der Waals surface area contributed by atoms with Crippen molar-refractivity contribution in [3.8, 4) is 0 Å². The molecule has 0 spiro atoms. The number of rotatable bonds is 6. The minimum atomic E-state index is -0.0890. The van der Waals surface area contributed by atoms with Crippen LogP contribution in [0, 0.1) is 0 Å². The summed E-state index contributed by atoms with van der Waals surface area (Å²) in [7, 11) is 0. The van der Waals surface area contributed by atoms with Crippen LogP contribution in [0.3, 0.4) is 0 Å². The van der Waals surface area contributed by atoms with Crippen LogP contribution >= 0.6 is 34.9 Å². The summed E-state index contributed by atoms with van der Waals surface area (Å²) in [4.78, 5) is 12.1. The van der Waals surface area contributed by atoms with Crippen molar-refractivity contribution in [1.82, 2.24) is 9.97 Å². The maximum absolute atomic E-state index is 6.15. The number of benzene rings is 1. The molecule has 0 N–H and O–H groups in total. The molecule has 0 saturated carbocycles. The van der Waals surface area contributed by atoms with Crippen LogP contribution in [-0.4, -0.2) is 27.6 Å². The molecule has 0 bridgehead atoms. The Bertz CT molecular complexity index is 1000. The van der Waals surface area contributed by atoms with E-state index in [9.17, 15) is 0 Å². The van der Waals surface area contributed by atoms with Crippen LogP contribution in [0.25, 0.3) is 16.3 Å². The van der Waals surface area contributed by atoms with E-state index >= 15 is 0 Å². The standard InChI is InChI=1S/C22H24N2OS3/c1-4-22(2)13-16-17(14-25-22)28-20-18(16)19(23-21(24-20)26-3)27-12-8-11-15-9-6-5-7-10-15/h5-11H,4,12-14H2,1-3H3. The molecule has 1 aromatic carbocycles. The van der Waals surface area contributed by atoms with Gasteiger partial charge in [0.25, 0.3) is 0 Å². The molecule has 1 aliphatic heterocycles. The fraction of sp³-hybridized carbons (Fsp3) is 0.364. The molecular formula is C22H24N2OS3. The fourth-order valence-corrected chi connectivity index (χ4v) is 5.83. The highest BCUT2D eigenvalue weighted by molar-refractivity contribution is 7.99. The van der Waals surface area contributed by atoms with Gasteiger partial charge in [0.1, 0.15) is 9.86 Å². The highest BCUT2D eigenvalue weighted by Gasteiger charge is 2.33. The minimum Gasteiger partial charge on any atom is -0.369 e. The van der Waals surface area contributed by atoms with E-state index in [-0.39, 0.29) is 5.60 Å². The normalized spacial score (nSPS) is 19.4. The third-order valence-corrected chi connectivity index (χ3v) is 7.71. The van der Waals surface area contributed by atoms with Gasteiger partial charge in [-0.1, -0.05) is 61.2 Å². The molecule has 146 valence electrons. The molecule has 0 aliphatic carbocycles. The van der Waals surface area contributed by atoms with E-state index in [1.54, 1.807) is 34.9 Å². The van der Waals surface area contributed by atoms with Crippen LogP contribution < -0.4 is 0 Å². The van der Waals surface area contributed by atoms with Gasteiger partial charge in [-0.3, -0.25) is 0 Å². The zero-order valence-corrected chi connectivity index (χ0v) is 18.8. The molecule has 3 aromatic rings. The third kappa shape index (κ3) is 4.15. The highest BCUT2D eigenvalue weighted by Crippen LogP contribution is 2.43. The molecule has 0 saturated heterocycles. The second-order valence-corrected chi connectivity index (χ2v) is 9.96. The van der Waals surface area contributed by atoms with Gasteiger partial charge < -0.3 is 4.74 Å². The summed E-state index contributed by atoms with van der Waals surface area (Å²) in [5, 5.41) is 3.20. The molecule has 0 radical (unpaired) electrons. The number of fused-ring (bicyclic) bond motifs is 3. The number of thioether (sulfide) groups is 2. The van der Waals surface area contributed by atoms with Crippen molar-refractivity contribution in [3.05, 3.63) is 52.4 Å². The fourth-order valence-electron chi connectivity index (χ4n) is 3.32. The average Bonchev–Trinajstić information content (AvgIpc) is 3.09. The van der Waals surface area contributed by atoms with Gasteiger partial charge in [0.2, 0.25) is 0 Å². The largest absolute Gasteiger partial charge is 0.369 e. The van der Waals surface area contributed by atoms with Crippen molar-refractivity contribution in [3.63, 3.8) is 0 Å². The Kier molecular flexibility index (Phi) is 6.11. The van der Waals surface area contributed by atoms with Gasteiger partial charge in [0.05, 0.1) is 12.2 Å². The lowest BCUT2D eigenvalue weighted by atomic mass is 9.90. The van der Waals surface area contributed by atoms with Crippen molar-refractivity contribution in [2.75, 3.05) is 12.0 Å². The lowest BCUT2D eigenvalue weighted by Gasteiger charge is -2.33. The van der Waals surface area contributed by atoms with Gasteiger partial charge in [-0.25, -0.2) is 9.97 Å². The summed E-state index contributed by atoms with van der Waals surface area (Å²) in [5.74, 6) is 0.890. The van der Waals surface area contributed by atoms with Gasteiger partial charge >= 0.3 is 0 Å². The molecule has 28 heavy (non-hydrogen) atoms. The molecule has 0 fully saturated rings. The summed E-state index contributed by atoms with van der Waals surface area (Å²) in [6.45, 7) is 5.10. The Hall–Kier alpha value is -1.34. The smallest absolute Gasteiger partial charge is 0.189 e. The molecular weight excluding hydrogens is 404 g/mol. The molecule has 1 aliphatic rings. The van der Waals surface area contributed by atoms with Crippen LogP contribution in [0.5, 0.6) is 0 Å². The van der Waals surface area contributed by atoms with Gasteiger partial charge in [-0.05, 0) is 30.7 Å². The van der Waals surface area contributed by atoms with Crippen molar-refractivity contribution in [2.45, 2.75) is 49.1 Å². The number of nitrogens with zero attached hydrogens (tertiary/aromatic N) is 2. The molecule has 2 aromatic heterocycles. The summed E-state index contributed by atoms with van der Waals surface area (Å²) < 4.78 is 6.15. The summed E-state index contributed by atoms with van der Waals surface area (Å²) in [6, 6.07) is 10.4. The number of aromatic nitrogens is 2. The minimum absolute atomic E-state index is 0.0890. The predicted octanol–water partition coefficient (Wildman–Crippen LogP) is 6.46. The number of hydrogen-bond donors (Lipinski definition) is 0. The van der Waals surface area contributed by atoms with E-state index in [2.05, 4.69) is 50.3 Å². The first-order chi connectivity index (χ1) is 13.6. The lowest BCUT2D eigenvalue weighted by Crippen LogP contribution is -2.33. The lowest BCUT2D eigenvalue weighted by molar-refractivity contribution is -0.0543. The number of ether oxygens (including phenoxy) is 1. The molecule has 1 unspecified atom stereocenters. The molecule has 4 rings (SSSR count). The van der Waals surface area contributed by atoms with Crippen LogP contribution in [0.4, 0.5) is 0 Å². The van der Waals surface area contributed by atoms with Crippen LogP contribution in [-0.2, 0) is 17.8 Å². The van der Waals surface area contributed by atoms with Crippen LogP contribution in [0.15, 0.2) is 46.6 Å². The van der Waals surface area contributed by atoms with Crippen LogP contribution in [0.2, 0.25) is 0 Å². The molecule has 6 heteroatoms. The van der Waals surface area contributed by atoms with Gasteiger partial charge in [-0.2, -0.15) is 0 Å².